The van der Waals surface area contributed by atoms with Crippen molar-refractivity contribution in [1.82, 2.24) is 10.2 Å². The molecule has 6 nitrogen and oxygen atoms in total. The fourth-order valence-corrected chi connectivity index (χ4v) is 1.46. The van der Waals surface area contributed by atoms with Crippen molar-refractivity contribution >= 4 is 5.97 Å². The van der Waals surface area contributed by atoms with Gasteiger partial charge in [-0.1, -0.05) is 18.2 Å². The van der Waals surface area contributed by atoms with E-state index in [2.05, 4.69) is 10.2 Å². The average Bonchev–Trinajstić information content (AvgIpc) is 2.85. The number of aromatic nitrogens is 2. The first-order chi connectivity index (χ1) is 9.08. The predicted molar refractivity (Wildman–Crippen MR) is 65.9 cm³/mol. The van der Waals surface area contributed by atoms with Gasteiger partial charge in [0, 0.05) is 0 Å². The highest BCUT2D eigenvalue weighted by Crippen LogP contribution is 2.18. The third kappa shape index (κ3) is 3.09. The van der Waals surface area contributed by atoms with Gasteiger partial charge in [-0.3, -0.25) is 4.79 Å². The van der Waals surface area contributed by atoms with E-state index in [9.17, 15) is 4.79 Å². The van der Waals surface area contributed by atoms with Gasteiger partial charge in [0.25, 0.3) is 5.89 Å². The summed E-state index contributed by atoms with van der Waals surface area (Å²) in [7, 11) is 0. The first-order valence-electron chi connectivity index (χ1n) is 5.81. The predicted octanol–water partition coefficient (Wildman–Crippen LogP) is 2.15. The van der Waals surface area contributed by atoms with E-state index < -0.39 is 11.9 Å². The second kappa shape index (κ2) is 5.51. The van der Waals surface area contributed by atoms with Crippen molar-refractivity contribution in [2.45, 2.75) is 26.4 Å². The molecule has 2 rings (SSSR count). The van der Waals surface area contributed by atoms with E-state index in [0.717, 1.165) is 11.3 Å². The minimum Gasteiger partial charge on any atom is -0.484 e. The number of hydrogen-bond acceptors (Lipinski definition) is 5. The summed E-state index contributed by atoms with van der Waals surface area (Å²) in [6, 6.07) is 7.56. The molecule has 19 heavy (non-hydrogen) atoms. The van der Waals surface area contributed by atoms with Crippen molar-refractivity contribution in [3.8, 4) is 5.75 Å². The highest BCUT2D eigenvalue weighted by molar-refractivity contribution is 5.73. The number of aliphatic carboxylic acids is 1. The summed E-state index contributed by atoms with van der Waals surface area (Å²) in [5.41, 5.74) is 1.00. The molecule has 1 aromatic heterocycles. The molecule has 1 heterocycles. The molecule has 1 N–H and O–H groups in total. The summed E-state index contributed by atoms with van der Waals surface area (Å²) in [5, 5.41) is 16.3. The molecule has 1 aromatic carbocycles. The Hall–Kier alpha value is -2.37. The summed E-state index contributed by atoms with van der Waals surface area (Å²) in [4.78, 5) is 10.8. The Bertz CT molecular complexity index is 580. The van der Waals surface area contributed by atoms with Gasteiger partial charge in [-0.2, -0.15) is 0 Å². The Morgan fingerprint density at radius 1 is 1.42 bits per heavy atom. The van der Waals surface area contributed by atoms with Gasteiger partial charge < -0.3 is 14.3 Å². The Kier molecular flexibility index (Phi) is 3.79. The second-order valence-corrected chi connectivity index (χ2v) is 4.15. The van der Waals surface area contributed by atoms with E-state index in [1.807, 2.05) is 31.2 Å². The Labute approximate surface area is 110 Å². The van der Waals surface area contributed by atoms with Gasteiger partial charge in [-0.15, -0.1) is 10.2 Å². The minimum absolute atomic E-state index is 0.0795. The molecule has 0 radical (unpaired) electrons. The third-order valence-electron chi connectivity index (χ3n) is 2.67. The van der Waals surface area contributed by atoms with Gasteiger partial charge in [-0.05, 0) is 25.5 Å². The smallest absolute Gasteiger partial charge is 0.315 e. The van der Waals surface area contributed by atoms with E-state index in [4.69, 9.17) is 14.3 Å². The van der Waals surface area contributed by atoms with E-state index in [-0.39, 0.29) is 18.4 Å². The molecule has 0 saturated heterocycles. The van der Waals surface area contributed by atoms with Crippen molar-refractivity contribution in [1.29, 1.82) is 0 Å². The molecule has 0 aliphatic carbocycles. The number of carboxylic acid groups (broad SMARTS) is 1. The fourth-order valence-electron chi connectivity index (χ4n) is 1.46. The lowest BCUT2D eigenvalue weighted by Gasteiger charge is -2.05. The van der Waals surface area contributed by atoms with Crippen molar-refractivity contribution in [2.75, 3.05) is 0 Å². The quantitative estimate of drug-likeness (QED) is 0.888. The van der Waals surface area contributed by atoms with E-state index >= 15 is 0 Å². The number of hydrogen-bond donors (Lipinski definition) is 1. The molecule has 100 valence electrons. The van der Waals surface area contributed by atoms with Crippen LogP contribution in [0.3, 0.4) is 0 Å². The third-order valence-corrected chi connectivity index (χ3v) is 2.67. The van der Waals surface area contributed by atoms with Crippen molar-refractivity contribution in [2.24, 2.45) is 0 Å². The average molecular weight is 262 g/mol. The van der Waals surface area contributed by atoms with E-state index in [0.29, 0.717) is 0 Å². The second-order valence-electron chi connectivity index (χ2n) is 4.15. The summed E-state index contributed by atoms with van der Waals surface area (Å²) in [6.07, 6.45) is 0. The van der Waals surface area contributed by atoms with Gasteiger partial charge in [-0.25, -0.2) is 0 Å². The number of nitrogens with zero attached hydrogens (tertiary/aromatic N) is 2. The van der Waals surface area contributed by atoms with Crippen LogP contribution in [0.1, 0.15) is 30.2 Å². The van der Waals surface area contributed by atoms with E-state index in [1.165, 1.54) is 6.92 Å². The summed E-state index contributed by atoms with van der Waals surface area (Å²) >= 11 is 0. The number of aryl methyl sites for hydroxylation is 1. The first-order valence-corrected chi connectivity index (χ1v) is 5.81. The Morgan fingerprint density at radius 3 is 2.84 bits per heavy atom. The van der Waals surface area contributed by atoms with Gasteiger partial charge in [0.1, 0.15) is 11.7 Å². The summed E-state index contributed by atoms with van der Waals surface area (Å²) in [5.74, 6) is -0.759. The van der Waals surface area contributed by atoms with Crippen LogP contribution in [-0.2, 0) is 11.4 Å². The molecule has 0 bridgehead atoms. The zero-order chi connectivity index (χ0) is 13.8. The minimum atomic E-state index is -1.00. The molecular weight excluding hydrogens is 248 g/mol. The van der Waals surface area contributed by atoms with Gasteiger partial charge in [0.05, 0.1) is 0 Å². The normalized spacial score (nSPS) is 12.1. The van der Waals surface area contributed by atoms with Crippen molar-refractivity contribution in [3.63, 3.8) is 0 Å². The van der Waals surface area contributed by atoms with Crippen LogP contribution in [0, 0.1) is 6.92 Å². The standard InChI is InChI=1S/C13H14N2O4/c1-8-5-3-4-6-10(8)18-7-11-14-15-12(19-11)9(2)13(16)17/h3-6,9H,7H2,1-2H3,(H,16,17). The lowest BCUT2D eigenvalue weighted by Crippen LogP contribution is -2.07. The topological polar surface area (TPSA) is 85.5 Å². The van der Waals surface area contributed by atoms with Crippen LogP contribution in [-0.4, -0.2) is 21.3 Å². The molecule has 1 unspecified atom stereocenters. The molecule has 0 aliphatic heterocycles. The number of benzene rings is 1. The first kappa shape index (κ1) is 13.1. The summed E-state index contributed by atoms with van der Waals surface area (Å²) in [6.45, 7) is 3.53. The maximum absolute atomic E-state index is 10.8. The molecule has 2 aromatic rings. The molecule has 0 amide bonds. The molecule has 0 fully saturated rings. The Balaban J connectivity index is 2.01. The van der Waals surface area contributed by atoms with Crippen LogP contribution in [0.25, 0.3) is 0 Å². The van der Waals surface area contributed by atoms with Gasteiger partial charge in [0.15, 0.2) is 6.61 Å². The largest absolute Gasteiger partial charge is 0.484 e. The van der Waals surface area contributed by atoms with Gasteiger partial charge in [0.2, 0.25) is 5.89 Å². The molecule has 6 heteroatoms. The van der Waals surface area contributed by atoms with Crippen LogP contribution >= 0.6 is 0 Å². The monoisotopic (exact) mass is 262 g/mol. The molecule has 0 spiro atoms. The number of carbonyl (C=O) groups is 1. The Morgan fingerprint density at radius 2 is 2.16 bits per heavy atom. The molecule has 0 saturated carbocycles. The number of rotatable bonds is 5. The number of para-hydroxylation sites is 1. The van der Waals surface area contributed by atoms with Crippen molar-refractivity contribution in [3.05, 3.63) is 41.6 Å². The zero-order valence-corrected chi connectivity index (χ0v) is 10.7. The number of carboxylic acids is 1. The highest BCUT2D eigenvalue weighted by atomic mass is 16.5. The zero-order valence-electron chi connectivity index (χ0n) is 10.7. The van der Waals surface area contributed by atoms with Crippen LogP contribution in [0.4, 0.5) is 0 Å². The maximum atomic E-state index is 10.8. The lowest BCUT2D eigenvalue weighted by molar-refractivity contribution is -0.138. The highest BCUT2D eigenvalue weighted by Gasteiger charge is 2.20. The SMILES string of the molecule is Cc1ccccc1OCc1nnc(C(C)C(=O)O)o1. The van der Waals surface area contributed by atoms with E-state index in [1.54, 1.807) is 0 Å². The molecular formula is C13H14N2O4. The van der Waals surface area contributed by atoms with Gasteiger partial charge >= 0.3 is 5.97 Å². The van der Waals surface area contributed by atoms with Crippen LogP contribution in [0.15, 0.2) is 28.7 Å². The maximum Gasteiger partial charge on any atom is 0.315 e. The summed E-state index contributed by atoms with van der Waals surface area (Å²) < 4.78 is 10.8. The van der Waals surface area contributed by atoms with Crippen LogP contribution < -0.4 is 4.74 Å². The van der Waals surface area contributed by atoms with Crippen LogP contribution in [0.2, 0.25) is 0 Å². The van der Waals surface area contributed by atoms with Crippen LogP contribution in [0.5, 0.6) is 5.75 Å². The van der Waals surface area contributed by atoms with Crippen molar-refractivity contribution < 1.29 is 19.1 Å². The molecule has 0 aliphatic rings. The lowest BCUT2D eigenvalue weighted by atomic mass is 10.2. The number of ether oxygens (including phenoxy) is 1. The fraction of sp³-hybridized carbons (Fsp3) is 0.308. The molecule has 1 atom stereocenters.